The van der Waals surface area contributed by atoms with E-state index in [0.29, 0.717) is 21.9 Å². The maximum Gasteiger partial charge on any atom is 0.243 e. The highest BCUT2D eigenvalue weighted by Crippen LogP contribution is 2.27. The van der Waals surface area contributed by atoms with E-state index in [1.807, 2.05) is 7.05 Å². The predicted molar refractivity (Wildman–Crippen MR) is 104 cm³/mol. The molecule has 0 bridgehead atoms. The van der Waals surface area contributed by atoms with E-state index < -0.39 is 16.1 Å². The Balaban J connectivity index is 1.80. The van der Waals surface area contributed by atoms with Crippen molar-refractivity contribution in [1.29, 1.82) is 0 Å². The van der Waals surface area contributed by atoms with Crippen molar-refractivity contribution in [1.82, 2.24) is 23.0 Å². The van der Waals surface area contributed by atoms with Crippen LogP contribution < -0.4 is 4.72 Å². The molecular formula is C17H14ClN5O2S2. The zero-order valence-corrected chi connectivity index (χ0v) is 16.5. The molecule has 0 saturated carbocycles. The summed E-state index contributed by atoms with van der Waals surface area (Å²) in [7, 11) is -2.08. The largest absolute Gasteiger partial charge is 0.336 e. The molecule has 0 aliphatic rings. The second-order valence-electron chi connectivity index (χ2n) is 5.89. The maximum absolute atomic E-state index is 13.2. The Kier molecular flexibility index (Phi) is 4.68. The first-order valence-corrected chi connectivity index (χ1v) is 10.5. The Bertz CT molecular complexity index is 1200. The molecule has 4 rings (SSSR count). The van der Waals surface area contributed by atoms with Crippen LogP contribution in [0.2, 0.25) is 5.02 Å². The molecule has 0 saturated heterocycles. The molecule has 2 aromatic heterocycles. The lowest BCUT2D eigenvalue weighted by Crippen LogP contribution is -2.31. The molecule has 10 heteroatoms. The summed E-state index contributed by atoms with van der Waals surface area (Å²) in [5.41, 5.74) is 1.62. The van der Waals surface area contributed by atoms with Crippen molar-refractivity contribution in [3.63, 3.8) is 0 Å². The highest BCUT2D eigenvalue weighted by molar-refractivity contribution is 7.89. The zero-order valence-electron chi connectivity index (χ0n) is 14.1. The van der Waals surface area contributed by atoms with Gasteiger partial charge in [-0.25, -0.2) is 13.4 Å². The molecule has 1 unspecified atom stereocenters. The van der Waals surface area contributed by atoms with Crippen LogP contribution in [0, 0.1) is 0 Å². The van der Waals surface area contributed by atoms with Gasteiger partial charge >= 0.3 is 0 Å². The minimum Gasteiger partial charge on any atom is -0.336 e. The lowest BCUT2D eigenvalue weighted by molar-refractivity contribution is 0.563. The van der Waals surface area contributed by atoms with E-state index in [4.69, 9.17) is 11.6 Å². The fourth-order valence-electron chi connectivity index (χ4n) is 2.80. The number of halogens is 1. The van der Waals surface area contributed by atoms with E-state index in [2.05, 4.69) is 18.5 Å². The van der Waals surface area contributed by atoms with Crippen molar-refractivity contribution >= 4 is 44.4 Å². The van der Waals surface area contributed by atoms with Gasteiger partial charge in [0.25, 0.3) is 0 Å². The first-order valence-electron chi connectivity index (χ1n) is 7.92. The lowest BCUT2D eigenvalue weighted by Gasteiger charge is -2.19. The third-order valence-corrected chi connectivity index (χ3v) is 6.38. The van der Waals surface area contributed by atoms with Crippen molar-refractivity contribution in [3.8, 4) is 0 Å². The van der Waals surface area contributed by atoms with Crippen molar-refractivity contribution in [2.75, 3.05) is 0 Å². The summed E-state index contributed by atoms with van der Waals surface area (Å²) >= 11 is 6.96. The molecule has 0 fully saturated rings. The van der Waals surface area contributed by atoms with Crippen LogP contribution in [0.3, 0.4) is 0 Å². The van der Waals surface area contributed by atoms with Crippen LogP contribution in [0.25, 0.3) is 11.0 Å². The average Bonchev–Trinajstić information content (AvgIpc) is 3.29. The molecule has 27 heavy (non-hydrogen) atoms. The van der Waals surface area contributed by atoms with Crippen LogP contribution in [0.4, 0.5) is 0 Å². The molecule has 0 aliphatic heterocycles. The Labute approximate surface area is 165 Å². The topological polar surface area (TPSA) is 89.8 Å². The van der Waals surface area contributed by atoms with Gasteiger partial charge in [0.1, 0.15) is 27.8 Å². The quantitative estimate of drug-likeness (QED) is 0.536. The fraction of sp³-hybridized carbons (Fsp3) is 0.118. The summed E-state index contributed by atoms with van der Waals surface area (Å²) in [5.74, 6) is 0.560. The third kappa shape index (κ3) is 3.46. The third-order valence-electron chi connectivity index (χ3n) is 4.13. The predicted octanol–water partition coefficient (Wildman–Crippen LogP) is 3.15. The highest BCUT2D eigenvalue weighted by Gasteiger charge is 2.27. The summed E-state index contributed by atoms with van der Waals surface area (Å²) < 4.78 is 39.1. The summed E-state index contributed by atoms with van der Waals surface area (Å²) in [5, 5.41) is 0.568. The number of sulfonamides is 1. The van der Waals surface area contributed by atoms with Gasteiger partial charge in [-0.2, -0.15) is 13.5 Å². The molecule has 0 radical (unpaired) electrons. The van der Waals surface area contributed by atoms with Gasteiger partial charge in [0.15, 0.2) is 0 Å². The van der Waals surface area contributed by atoms with Gasteiger partial charge in [-0.15, -0.1) is 0 Å². The SMILES string of the molecule is Cn1ccnc1C(NS(=O)(=O)c1cccc2nsnc12)c1ccc(Cl)cc1. The zero-order chi connectivity index (χ0) is 19.0. The number of fused-ring (bicyclic) bond motifs is 1. The van der Waals surface area contributed by atoms with Gasteiger partial charge in [0, 0.05) is 24.5 Å². The first-order chi connectivity index (χ1) is 13.0. The fourth-order valence-corrected chi connectivity index (χ4v) is 4.87. The van der Waals surface area contributed by atoms with Crippen LogP contribution in [0.15, 0.2) is 59.8 Å². The smallest absolute Gasteiger partial charge is 0.243 e. The monoisotopic (exact) mass is 419 g/mol. The number of imidazole rings is 1. The van der Waals surface area contributed by atoms with E-state index >= 15 is 0 Å². The van der Waals surface area contributed by atoms with Crippen molar-refractivity contribution in [3.05, 3.63) is 71.3 Å². The van der Waals surface area contributed by atoms with Crippen LogP contribution in [0.5, 0.6) is 0 Å². The van der Waals surface area contributed by atoms with Gasteiger partial charge in [-0.1, -0.05) is 29.8 Å². The van der Waals surface area contributed by atoms with Gasteiger partial charge in [-0.3, -0.25) is 0 Å². The Hall–Kier alpha value is -2.33. The number of rotatable bonds is 5. The van der Waals surface area contributed by atoms with E-state index in [9.17, 15) is 8.42 Å². The molecule has 1 atom stereocenters. The van der Waals surface area contributed by atoms with Crippen molar-refractivity contribution in [2.45, 2.75) is 10.9 Å². The lowest BCUT2D eigenvalue weighted by atomic mass is 10.1. The molecule has 7 nitrogen and oxygen atoms in total. The van der Waals surface area contributed by atoms with Gasteiger partial charge in [0.05, 0.1) is 11.7 Å². The summed E-state index contributed by atoms with van der Waals surface area (Å²) in [6, 6.07) is 11.2. The van der Waals surface area contributed by atoms with Crippen LogP contribution >= 0.6 is 23.3 Å². The van der Waals surface area contributed by atoms with Gasteiger partial charge in [-0.05, 0) is 29.8 Å². The second kappa shape index (κ2) is 7.01. The van der Waals surface area contributed by atoms with E-state index in [-0.39, 0.29) is 4.90 Å². The summed E-state index contributed by atoms with van der Waals surface area (Å²) in [6.07, 6.45) is 3.38. The molecule has 0 amide bonds. The number of benzene rings is 2. The molecule has 2 heterocycles. The van der Waals surface area contributed by atoms with Gasteiger partial charge < -0.3 is 4.57 Å². The molecule has 0 spiro atoms. The molecule has 0 aliphatic carbocycles. The number of aryl methyl sites for hydroxylation is 1. The van der Waals surface area contributed by atoms with Crippen molar-refractivity contribution in [2.24, 2.45) is 7.05 Å². The Morgan fingerprint density at radius 3 is 2.63 bits per heavy atom. The van der Waals surface area contributed by atoms with Gasteiger partial charge in [0.2, 0.25) is 10.0 Å². The number of nitrogens with zero attached hydrogens (tertiary/aromatic N) is 4. The van der Waals surface area contributed by atoms with Crippen LogP contribution in [0.1, 0.15) is 17.4 Å². The number of hydrogen-bond acceptors (Lipinski definition) is 6. The minimum atomic E-state index is -3.89. The summed E-state index contributed by atoms with van der Waals surface area (Å²) in [4.78, 5) is 4.41. The Morgan fingerprint density at radius 1 is 1.15 bits per heavy atom. The average molecular weight is 420 g/mol. The van der Waals surface area contributed by atoms with E-state index in [0.717, 1.165) is 17.3 Å². The standard InChI is InChI=1S/C17H14ClN5O2S2/c1-23-10-9-19-17(23)15(11-5-7-12(18)8-6-11)22-27(24,25)14-4-2-3-13-16(14)21-26-20-13/h2-10,15,22H,1H3. The normalized spacial score (nSPS) is 13.1. The molecule has 138 valence electrons. The first kappa shape index (κ1) is 18.1. The molecule has 1 N–H and O–H groups in total. The van der Waals surface area contributed by atoms with E-state index in [1.165, 1.54) is 6.07 Å². The molecule has 4 aromatic rings. The Morgan fingerprint density at radius 2 is 1.93 bits per heavy atom. The molecule has 2 aromatic carbocycles. The molecular weight excluding hydrogens is 406 g/mol. The van der Waals surface area contributed by atoms with Crippen LogP contribution in [-0.2, 0) is 17.1 Å². The van der Waals surface area contributed by atoms with E-state index in [1.54, 1.807) is 53.4 Å². The maximum atomic E-state index is 13.2. The highest BCUT2D eigenvalue weighted by atomic mass is 35.5. The number of nitrogens with one attached hydrogen (secondary N) is 1. The second-order valence-corrected chi connectivity index (χ2v) is 8.54. The van der Waals surface area contributed by atoms with Crippen molar-refractivity contribution < 1.29 is 8.42 Å². The number of hydrogen-bond donors (Lipinski definition) is 1. The minimum absolute atomic E-state index is 0.0851. The summed E-state index contributed by atoms with van der Waals surface area (Å²) in [6.45, 7) is 0. The number of aromatic nitrogens is 4. The van der Waals surface area contributed by atoms with Crippen LogP contribution in [-0.4, -0.2) is 26.7 Å².